The number of furan rings is 2. The van der Waals surface area contributed by atoms with Gasteiger partial charge in [-0.1, -0.05) is 37.8 Å². The Bertz CT molecular complexity index is 1450. The third-order valence-electron chi connectivity index (χ3n) is 6.82. The summed E-state index contributed by atoms with van der Waals surface area (Å²) in [6.45, 7) is 0. The minimum atomic E-state index is -0.727. The number of amides is 1. The van der Waals surface area contributed by atoms with Crippen LogP contribution < -0.4 is 15.0 Å². The minimum absolute atomic E-state index is 0. The zero-order chi connectivity index (χ0) is 24.6. The van der Waals surface area contributed by atoms with Gasteiger partial charge in [0.15, 0.2) is 11.5 Å². The normalized spacial score (nSPS) is 18.7. The topological polar surface area (TPSA) is 84.9 Å². The monoisotopic (exact) mass is 496 g/mol. The van der Waals surface area contributed by atoms with Gasteiger partial charge in [0, 0.05) is 29.2 Å². The number of anilines is 2. The standard InChI is InChI=1S/C29H24N2O5.CH4/c1-34-25-11-5-2-8-19(25)28-27-21(16-18(17-23(27)32)24-12-6-14-35-24)30-20-9-3-4-10-22(20)31(28)29(33)26-13-7-15-36-26;/h2-15,18,28,30H,16-17H2,1H3;1H4. The zero-order valence-electron chi connectivity index (χ0n) is 19.6. The van der Waals surface area contributed by atoms with E-state index in [9.17, 15) is 9.59 Å². The smallest absolute Gasteiger partial charge is 0.294 e. The molecule has 1 aliphatic carbocycles. The minimum Gasteiger partial charge on any atom is -0.496 e. The third-order valence-corrected chi connectivity index (χ3v) is 6.82. The van der Waals surface area contributed by atoms with Crippen LogP contribution in [0.15, 0.2) is 105 Å². The highest BCUT2D eigenvalue weighted by atomic mass is 16.5. The molecule has 2 aromatic heterocycles. The molecule has 2 unspecified atom stereocenters. The van der Waals surface area contributed by atoms with E-state index < -0.39 is 6.04 Å². The second-order valence-electron chi connectivity index (χ2n) is 8.88. The summed E-state index contributed by atoms with van der Waals surface area (Å²) in [5, 5.41) is 3.50. The second kappa shape index (κ2) is 9.85. The van der Waals surface area contributed by atoms with Crippen LogP contribution in [0, 0.1) is 0 Å². The maximum absolute atomic E-state index is 14.0. The molecule has 7 nitrogen and oxygen atoms in total. The Kier molecular flexibility index (Phi) is 6.44. The van der Waals surface area contributed by atoms with Crippen LogP contribution in [0.2, 0.25) is 0 Å². The summed E-state index contributed by atoms with van der Waals surface area (Å²) in [5.74, 6) is 1.05. The van der Waals surface area contributed by atoms with Gasteiger partial charge in [-0.15, -0.1) is 0 Å². The molecule has 3 heterocycles. The van der Waals surface area contributed by atoms with Crippen molar-refractivity contribution in [2.45, 2.75) is 32.2 Å². The molecule has 6 rings (SSSR count). The number of ketones is 1. The molecular weight excluding hydrogens is 468 g/mol. The van der Waals surface area contributed by atoms with Gasteiger partial charge in [-0.3, -0.25) is 14.5 Å². The van der Waals surface area contributed by atoms with Crippen molar-refractivity contribution in [1.29, 1.82) is 0 Å². The first-order valence-corrected chi connectivity index (χ1v) is 11.8. The van der Waals surface area contributed by atoms with Crippen LogP contribution >= 0.6 is 0 Å². The number of Topliss-reactive ketones (excluding diaryl/α,β-unsaturated/α-hetero) is 1. The van der Waals surface area contributed by atoms with Gasteiger partial charge < -0.3 is 18.9 Å². The first-order chi connectivity index (χ1) is 17.7. The molecule has 1 amide bonds. The van der Waals surface area contributed by atoms with Gasteiger partial charge in [-0.05, 0) is 48.9 Å². The number of ether oxygens (including phenoxy) is 1. The number of hydrogen-bond donors (Lipinski definition) is 1. The number of hydrogen-bond acceptors (Lipinski definition) is 6. The van der Waals surface area contributed by atoms with Gasteiger partial charge in [0.05, 0.1) is 37.1 Å². The fourth-order valence-electron chi connectivity index (χ4n) is 5.24. The van der Waals surface area contributed by atoms with E-state index in [1.54, 1.807) is 30.4 Å². The van der Waals surface area contributed by atoms with Crippen LogP contribution in [-0.2, 0) is 4.79 Å². The Hall–Kier alpha value is -4.52. The Morgan fingerprint density at radius 2 is 1.70 bits per heavy atom. The van der Waals surface area contributed by atoms with E-state index >= 15 is 0 Å². The van der Waals surface area contributed by atoms with E-state index in [-0.39, 0.29) is 37.2 Å². The Morgan fingerprint density at radius 1 is 0.946 bits per heavy atom. The Balaban J connectivity index is 0.00000280. The lowest BCUT2D eigenvalue weighted by Crippen LogP contribution is -2.38. The molecule has 7 heteroatoms. The number of carbonyl (C=O) groups is 2. The first kappa shape index (κ1) is 24.2. The first-order valence-electron chi connectivity index (χ1n) is 11.8. The molecule has 188 valence electrons. The number of nitrogens with zero attached hydrogens (tertiary/aromatic N) is 1. The Labute approximate surface area is 215 Å². The molecule has 0 spiro atoms. The molecule has 0 saturated carbocycles. The van der Waals surface area contributed by atoms with E-state index in [4.69, 9.17) is 13.6 Å². The van der Waals surface area contributed by atoms with Crippen LogP contribution in [-0.4, -0.2) is 18.8 Å². The molecule has 1 N–H and O–H groups in total. The molecule has 0 radical (unpaired) electrons. The summed E-state index contributed by atoms with van der Waals surface area (Å²) < 4.78 is 16.9. The maximum Gasteiger partial charge on any atom is 0.294 e. The maximum atomic E-state index is 14.0. The summed E-state index contributed by atoms with van der Waals surface area (Å²) in [6, 6.07) is 21.4. The largest absolute Gasteiger partial charge is 0.496 e. The highest BCUT2D eigenvalue weighted by molar-refractivity contribution is 6.11. The number of allylic oxidation sites excluding steroid dienone is 1. The van der Waals surface area contributed by atoms with Crippen LogP contribution in [0.4, 0.5) is 11.4 Å². The van der Waals surface area contributed by atoms with E-state index in [2.05, 4.69) is 5.32 Å². The van der Waals surface area contributed by atoms with Gasteiger partial charge in [0.2, 0.25) is 0 Å². The molecule has 0 saturated heterocycles. The SMILES string of the molecule is C.COc1ccccc1C1C2=C(CC(c3ccco3)CC2=O)Nc2ccccc2N1C(=O)c1ccco1. The van der Waals surface area contributed by atoms with Crippen molar-refractivity contribution in [3.05, 3.63) is 114 Å². The van der Waals surface area contributed by atoms with Crippen LogP contribution in [0.5, 0.6) is 5.75 Å². The van der Waals surface area contributed by atoms with Crippen molar-refractivity contribution >= 4 is 23.1 Å². The van der Waals surface area contributed by atoms with Gasteiger partial charge >= 0.3 is 0 Å². The lowest BCUT2D eigenvalue weighted by Gasteiger charge is -2.35. The van der Waals surface area contributed by atoms with E-state index in [1.165, 1.54) is 6.26 Å². The fourth-order valence-corrected chi connectivity index (χ4v) is 5.24. The number of carbonyl (C=O) groups excluding carboxylic acids is 2. The number of methoxy groups -OCH3 is 1. The van der Waals surface area contributed by atoms with Crippen molar-refractivity contribution in [2.24, 2.45) is 0 Å². The summed E-state index contributed by atoms with van der Waals surface area (Å²) in [4.78, 5) is 29.6. The van der Waals surface area contributed by atoms with Crippen molar-refractivity contribution < 1.29 is 23.2 Å². The number of fused-ring (bicyclic) bond motifs is 1. The van der Waals surface area contributed by atoms with E-state index in [1.807, 2.05) is 60.7 Å². The lowest BCUT2D eigenvalue weighted by atomic mass is 9.79. The number of benzene rings is 2. The van der Waals surface area contributed by atoms with Crippen molar-refractivity contribution in [2.75, 3.05) is 17.3 Å². The molecule has 2 aromatic carbocycles. The lowest BCUT2D eigenvalue weighted by molar-refractivity contribution is -0.116. The quantitative estimate of drug-likeness (QED) is 0.337. The number of para-hydroxylation sites is 3. The van der Waals surface area contributed by atoms with Crippen LogP contribution in [0.3, 0.4) is 0 Å². The third kappa shape index (κ3) is 4.12. The van der Waals surface area contributed by atoms with Crippen LogP contribution in [0.1, 0.15) is 54.1 Å². The van der Waals surface area contributed by atoms with E-state index in [0.29, 0.717) is 23.4 Å². The van der Waals surface area contributed by atoms with Crippen molar-refractivity contribution in [1.82, 2.24) is 0 Å². The fraction of sp³-hybridized carbons (Fsp3) is 0.200. The number of nitrogens with one attached hydrogen (secondary N) is 1. The Morgan fingerprint density at radius 3 is 2.46 bits per heavy atom. The summed E-state index contributed by atoms with van der Waals surface area (Å²) >= 11 is 0. The molecule has 0 bridgehead atoms. The molecule has 1 aliphatic heterocycles. The predicted molar refractivity (Wildman–Crippen MR) is 141 cm³/mol. The molecule has 0 fully saturated rings. The number of rotatable bonds is 4. The summed E-state index contributed by atoms with van der Waals surface area (Å²) in [7, 11) is 1.59. The van der Waals surface area contributed by atoms with Crippen LogP contribution in [0.25, 0.3) is 0 Å². The molecule has 4 aromatic rings. The van der Waals surface area contributed by atoms with Crippen molar-refractivity contribution in [3.8, 4) is 5.75 Å². The van der Waals surface area contributed by atoms with Gasteiger partial charge in [-0.25, -0.2) is 0 Å². The highest BCUT2D eigenvalue weighted by Gasteiger charge is 2.43. The molecule has 37 heavy (non-hydrogen) atoms. The average molecular weight is 497 g/mol. The highest BCUT2D eigenvalue weighted by Crippen LogP contribution is 2.49. The molecule has 2 aliphatic rings. The second-order valence-corrected chi connectivity index (χ2v) is 8.88. The van der Waals surface area contributed by atoms with Gasteiger partial charge in [-0.2, -0.15) is 0 Å². The van der Waals surface area contributed by atoms with Gasteiger partial charge in [0.1, 0.15) is 11.5 Å². The van der Waals surface area contributed by atoms with E-state index in [0.717, 1.165) is 22.7 Å². The average Bonchev–Trinajstić information content (AvgIpc) is 3.61. The molecule has 2 atom stereocenters. The van der Waals surface area contributed by atoms with Crippen molar-refractivity contribution in [3.63, 3.8) is 0 Å². The molecular formula is C30H28N2O5. The van der Waals surface area contributed by atoms with Gasteiger partial charge in [0.25, 0.3) is 5.91 Å². The predicted octanol–water partition coefficient (Wildman–Crippen LogP) is 6.73. The summed E-state index contributed by atoms with van der Waals surface area (Å²) in [5.41, 5.74) is 3.40. The summed E-state index contributed by atoms with van der Waals surface area (Å²) in [6.07, 6.45) is 3.94. The zero-order valence-corrected chi connectivity index (χ0v) is 19.6.